The van der Waals surface area contributed by atoms with Gasteiger partial charge in [-0.2, -0.15) is 5.26 Å². The Hall–Kier alpha value is -1.74. The quantitative estimate of drug-likeness (QED) is 0.751. The average molecular weight is 226 g/mol. The van der Waals surface area contributed by atoms with Crippen LogP contribution in [0.1, 0.15) is 5.56 Å². The van der Waals surface area contributed by atoms with Crippen LogP contribution < -0.4 is 4.72 Å². The van der Waals surface area contributed by atoms with E-state index in [1.165, 1.54) is 18.2 Å². The Labute approximate surface area is 88.0 Å². The van der Waals surface area contributed by atoms with Gasteiger partial charge in [0, 0.05) is 0 Å². The molecule has 0 bridgehead atoms. The van der Waals surface area contributed by atoms with E-state index in [9.17, 15) is 13.5 Å². The van der Waals surface area contributed by atoms with E-state index in [1.54, 1.807) is 13.0 Å². The maximum Gasteiger partial charge on any atom is 0.246 e. The van der Waals surface area contributed by atoms with Gasteiger partial charge in [0.2, 0.25) is 10.0 Å². The summed E-state index contributed by atoms with van der Waals surface area (Å²) in [6, 6.07) is 6.06. The van der Waals surface area contributed by atoms with E-state index in [0.717, 1.165) is 5.56 Å². The lowest BCUT2D eigenvalue weighted by molar-refractivity contribution is 0.477. The Bertz CT molecular complexity index is 503. The molecule has 0 aliphatic rings. The number of aryl methyl sites for hydroxylation is 1. The van der Waals surface area contributed by atoms with E-state index in [0.29, 0.717) is 0 Å². The molecule has 2 N–H and O–H groups in total. The molecule has 1 rings (SSSR count). The third-order valence-corrected chi connectivity index (χ3v) is 2.71. The Morgan fingerprint density at radius 2 is 2.20 bits per heavy atom. The highest BCUT2D eigenvalue weighted by Crippen LogP contribution is 2.24. The molecule has 1 aromatic carbocycles. The summed E-state index contributed by atoms with van der Waals surface area (Å²) in [5, 5.41) is 17.7. The van der Waals surface area contributed by atoms with E-state index < -0.39 is 15.8 Å². The van der Waals surface area contributed by atoms with Crippen LogP contribution in [-0.2, 0) is 10.0 Å². The molecule has 80 valence electrons. The van der Waals surface area contributed by atoms with E-state index in [1.807, 2.05) is 0 Å². The smallest absolute Gasteiger partial charge is 0.246 e. The van der Waals surface area contributed by atoms with Gasteiger partial charge in [0.15, 0.2) is 5.75 Å². The molecular formula is C9H10N2O3S. The lowest BCUT2D eigenvalue weighted by Crippen LogP contribution is -2.15. The second kappa shape index (κ2) is 4.19. The zero-order chi connectivity index (χ0) is 11.5. The van der Waals surface area contributed by atoms with Crippen LogP contribution in [0.3, 0.4) is 0 Å². The highest BCUT2D eigenvalue weighted by molar-refractivity contribution is 7.92. The van der Waals surface area contributed by atoms with Crippen LogP contribution in [0.2, 0.25) is 0 Å². The Morgan fingerprint density at radius 1 is 1.53 bits per heavy atom. The molecule has 0 heterocycles. The van der Waals surface area contributed by atoms with Gasteiger partial charge in [0.25, 0.3) is 0 Å². The minimum absolute atomic E-state index is 0.0795. The summed E-state index contributed by atoms with van der Waals surface area (Å²) in [5.41, 5.74) is 0.895. The molecule has 0 fully saturated rings. The van der Waals surface area contributed by atoms with Crippen LogP contribution in [0, 0.1) is 18.3 Å². The maximum absolute atomic E-state index is 11.2. The summed E-state index contributed by atoms with van der Waals surface area (Å²) < 4.78 is 24.5. The number of aromatic hydroxyl groups is 1. The van der Waals surface area contributed by atoms with Crippen LogP contribution >= 0.6 is 0 Å². The number of rotatable bonds is 3. The Morgan fingerprint density at radius 3 is 2.73 bits per heavy atom. The number of nitrogens with one attached hydrogen (secondary N) is 1. The normalized spacial score (nSPS) is 10.7. The Balaban J connectivity index is 2.96. The van der Waals surface area contributed by atoms with Crippen LogP contribution in [0.4, 0.5) is 5.69 Å². The molecule has 0 unspecified atom stereocenters. The van der Waals surface area contributed by atoms with Gasteiger partial charge in [-0.1, -0.05) is 6.07 Å². The molecule has 0 aliphatic heterocycles. The largest absolute Gasteiger partial charge is 0.506 e. The SMILES string of the molecule is Cc1ccc(NS(=O)(=O)CC#N)c(O)c1. The van der Waals surface area contributed by atoms with Crippen molar-refractivity contribution in [3.05, 3.63) is 23.8 Å². The minimum atomic E-state index is -3.69. The van der Waals surface area contributed by atoms with E-state index in [-0.39, 0.29) is 11.4 Å². The fraction of sp³-hybridized carbons (Fsp3) is 0.222. The van der Waals surface area contributed by atoms with Crippen molar-refractivity contribution in [1.29, 1.82) is 5.26 Å². The second-order valence-corrected chi connectivity index (χ2v) is 4.76. The van der Waals surface area contributed by atoms with Crippen molar-refractivity contribution in [2.45, 2.75) is 6.92 Å². The summed E-state index contributed by atoms with van der Waals surface area (Å²) in [7, 11) is -3.69. The molecule has 15 heavy (non-hydrogen) atoms. The monoisotopic (exact) mass is 226 g/mol. The Kier molecular flexibility index (Phi) is 3.17. The van der Waals surface area contributed by atoms with E-state index in [4.69, 9.17) is 5.26 Å². The van der Waals surface area contributed by atoms with Crippen molar-refractivity contribution in [1.82, 2.24) is 0 Å². The molecule has 0 radical (unpaired) electrons. The van der Waals surface area contributed by atoms with Crippen LogP contribution in [0.25, 0.3) is 0 Å². The highest BCUT2D eigenvalue weighted by atomic mass is 32.2. The highest BCUT2D eigenvalue weighted by Gasteiger charge is 2.11. The average Bonchev–Trinajstić information content (AvgIpc) is 2.09. The fourth-order valence-corrected chi connectivity index (χ4v) is 1.77. The molecule has 0 amide bonds. The van der Waals surface area contributed by atoms with Crippen molar-refractivity contribution >= 4 is 15.7 Å². The molecule has 0 saturated carbocycles. The number of benzene rings is 1. The third-order valence-electron chi connectivity index (χ3n) is 1.67. The van der Waals surface area contributed by atoms with E-state index >= 15 is 0 Å². The van der Waals surface area contributed by atoms with E-state index in [2.05, 4.69) is 4.72 Å². The summed E-state index contributed by atoms with van der Waals surface area (Å²) in [4.78, 5) is 0. The molecule has 0 saturated heterocycles. The van der Waals surface area contributed by atoms with Crippen LogP contribution in [0.15, 0.2) is 18.2 Å². The van der Waals surface area contributed by atoms with Crippen molar-refractivity contribution in [2.75, 3.05) is 10.5 Å². The van der Waals surface area contributed by atoms with Gasteiger partial charge in [0.05, 0.1) is 11.8 Å². The number of phenolic OH excluding ortho intramolecular Hbond substituents is 1. The van der Waals surface area contributed by atoms with Crippen molar-refractivity contribution < 1.29 is 13.5 Å². The number of nitrogens with zero attached hydrogens (tertiary/aromatic N) is 1. The molecule has 6 heteroatoms. The van der Waals surface area contributed by atoms with Gasteiger partial charge in [-0.05, 0) is 24.6 Å². The minimum Gasteiger partial charge on any atom is -0.506 e. The fourth-order valence-electron chi connectivity index (χ4n) is 1.02. The van der Waals surface area contributed by atoms with Gasteiger partial charge in [-0.25, -0.2) is 8.42 Å². The third kappa shape index (κ3) is 3.14. The zero-order valence-electron chi connectivity index (χ0n) is 8.06. The van der Waals surface area contributed by atoms with Gasteiger partial charge in [-0.15, -0.1) is 0 Å². The van der Waals surface area contributed by atoms with Gasteiger partial charge < -0.3 is 5.11 Å². The molecule has 5 nitrogen and oxygen atoms in total. The van der Waals surface area contributed by atoms with Crippen molar-refractivity contribution in [2.24, 2.45) is 0 Å². The number of hydrogen-bond donors (Lipinski definition) is 2. The standard InChI is InChI=1S/C9H10N2O3S/c1-7-2-3-8(9(12)6-7)11-15(13,14)5-4-10/h2-3,6,11-12H,5H2,1H3. The molecule has 1 aromatic rings. The molecule has 0 aromatic heterocycles. The number of anilines is 1. The molecule has 0 atom stereocenters. The number of sulfonamides is 1. The van der Waals surface area contributed by atoms with Gasteiger partial charge >= 0.3 is 0 Å². The van der Waals surface area contributed by atoms with Crippen molar-refractivity contribution in [3.63, 3.8) is 0 Å². The first kappa shape index (κ1) is 11.3. The summed E-state index contributed by atoms with van der Waals surface area (Å²) >= 11 is 0. The first-order valence-corrected chi connectivity index (χ1v) is 5.77. The topological polar surface area (TPSA) is 90.2 Å². The molecule has 0 spiro atoms. The first-order chi connectivity index (χ1) is 6.94. The van der Waals surface area contributed by atoms with Gasteiger partial charge in [0.1, 0.15) is 5.75 Å². The summed E-state index contributed by atoms with van der Waals surface area (Å²) in [6.07, 6.45) is 0. The second-order valence-electron chi connectivity index (χ2n) is 3.04. The summed E-state index contributed by atoms with van der Waals surface area (Å²) in [6.45, 7) is 1.77. The van der Waals surface area contributed by atoms with Gasteiger partial charge in [-0.3, -0.25) is 4.72 Å². The zero-order valence-corrected chi connectivity index (χ0v) is 8.87. The molecular weight excluding hydrogens is 216 g/mol. The number of phenols is 1. The maximum atomic E-state index is 11.2. The summed E-state index contributed by atoms with van der Waals surface area (Å²) in [5.74, 6) is -0.795. The number of nitriles is 1. The lowest BCUT2D eigenvalue weighted by Gasteiger charge is -2.07. The van der Waals surface area contributed by atoms with Crippen molar-refractivity contribution in [3.8, 4) is 11.8 Å². The first-order valence-electron chi connectivity index (χ1n) is 4.11. The molecule has 0 aliphatic carbocycles. The lowest BCUT2D eigenvalue weighted by atomic mass is 10.2. The predicted molar refractivity (Wildman–Crippen MR) is 55.9 cm³/mol. The predicted octanol–water partition coefficient (Wildman–Crippen LogP) is 0.966. The number of hydrogen-bond acceptors (Lipinski definition) is 4. The van der Waals surface area contributed by atoms with Crippen LogP contribution in [0.5, 0.6) is 5.75 Å². The van der Waals surface area contributed by atoms with Crippen LogP contribution in [-0.4, -0.2) is 19.3 Å².